The van der Waals surface area contributed by atoms with E-state index in [9.17, 15) is 9.18 Å². The second-order valence-corrected chi connectivity index (χ2v) is 8.02. The van der Waals surface area contributed by atoms with Gasteiger partial charge >= 0.3 is 0 Å². The fourth-order valence-electron chi connectivity index (χ4n) is 3.64. The van der Waals surface area contributed by atoms with Gasteiger partial charge in [-0.3, -0.25) is 4.79 Å². The number of hydrogen-bond donors (Lipinski definition) is 0. The van der Waals surface area contributed by atoms with Crippen LogP contribution in [0.25, 0.3) is 21.9 Å². The quantitative estimate of drug-likeness (QED) is 0.631. The summed E-state index contributed by atoms with van der Waals surface area (Å²) in [5.41, 5.74) is 1.74. The first kappa shape index (κ1) is 17.1. The van der Waals surface area contributed by atoms with Gasteiger partial charge in [0.2, 0.25) is 0 Å². The molecule has 4 nitrogen and oxygen atoms in total. The average Bonchev–Trinajstić information content (AvgIpc) is 2.99. The number of fused-ring (bicyclic) bond motifs is 3. The van der Waals surface area contributed by atoms with Crippen molar-refractivity contribution in [3.63, 3.8) is 0 Å². The van der Waals surface area contributed by atoms with Crippen molar-refractivity contribution >= 4 is 39.2 Å². The van der Waals surface area contributed by atoms with Crippen LogP contribution >= 0.6 is 11.3 Å². The Balaban J connectivity index is 1.84. The van der Waals surface area contributed by atoms with Gasteiger partial charge < -0.3 is 9.47 Å². The lowest BCUT2D eigenvalue weighted by Crippen LogP contribution is -2.33. The summed E-state index contributed by atoms with van der Waals surface area (Å²) in [6, 6.07) is 8.79. The van der Waals surface area contributed by atoms with Gasteiger partial charge in [0.25, 0.3) is 5.91 Å². The van der Waals surface area contributed by atoms with Crippen LogP contribution in [0.1, 0.15) is 29.9 Å². The van der Waals surface area contributed by atoms with Crippen molar-refractivity contribution in [2.24, 2.45) is 4.99 Å². The highest BCUT2D eigenvalue weighted by Crippen LogP contribution is 2.37. The Kier molecular flexibility index (Phi) is 3.67. The van der Waals surface area contributed by atoms with E-state index < -0.39 is 6.10 Å². The first-order chi connectivity index (χ1) is 13.4. The number of halogens is 1. The lowest BCUT2D eigenvalue weighted by atomic mass is 10.0. The van der Waals surface area contributed by atoms with Gasteiger partial charge in [-0.2, -0.15) is 0 Å². The maximum absolute atomic E-state index is 14.4. The fraction of sp³-hybridized carbons (Fsp3) is 0.182. The second-order valence-electron chi connectivity index (χ2n) is 6.97. The Morgan fingerprint density at radius 3 is 2.82 bits per heavy atom. The maximum atomic E-state index is 14.4. The van der Waals surface area contributed by atoms with Gasteiger partial charge in [0.1, 0.15) is 22.7 Å². The Hall–Kier alpha value is -2.99. The first-order valence-corrected chi connectivity index (χ1v) is 9.76. The molecule has 0 N–H and O–H groups in total. The molecule has 3 aromatic rings. The second kappa shape index (κ2) is 6.01. The molecule has 1 amide bonds. The molecule has 140 valence electrons. The van der Waals surface area contributed by atoms with Crippen molar-refractivity contribution in [1.29, 1.82) is 0 Å². The fourth-order valence-corrected chi connectivity index (χ4v) is 4.85. The summed E-state index contributed by atoms with van der Waals surface area (Å²) in [7, 11) is 0. The van der Waals surface area contributed by atoms with Crippen molar-refractivity contribution in [2.75, 3.05) is 0 Å². The molecule has 28 heavy (non-hydrogen) atoms. The zero-order valence-electron chi connectivity index (χ0n) is 15.5. The molecule has 0 fully saturated rings. The minimum atomic E-state index is -0.615. The summed E-state index contributed by atoms with van der Waals surface area (Å²) in [6.07, 6.45) is 1.29. The van der Waals surface area contributed by atoms with Gasteiger partial charge in [-0.15, -0.1) is 11.3 Å². The van der Waals surface area contributed by atoms with E-state index in [2.05, 4.69) is 4.99 Å². The van der Waals surface area contributed by atoms with E-state index in [1.807, 2.05) is 38.1 Å². The smallest absolute Gasteiger partial charge is 0.287 e. The molecule has 0 aliphatic carbocycles. The van der Waals surface area contributed by atoms with E-state index in [1.165, 1.54) is 17.4 Å². The van der Waals surface area contributed by atoms with Crippen LogP contribution in [0.15, 0.2) is 41.1 Å². The summed E-state index contributed by atoms with van der Waals surface area (Å²) in [5.74, 6) is 1.41. The molecule has 1 atom stereocenters. The SMILES string of the molecule is CC1=Cc2cc3c(cc2=C(c2sc4cccc(F)c4c2C)O1)OC(C)C(=O)N=3. The maximum Gasteiger partial charge on any atom is 0.287 e. The van der Waals surface area contributed by atoms with Crippen LogP contribution in [-0.4, -0.2) is 12.0 Å². The molecule has 3 heterocycles. The van der Waals surface area contributed by atoms with Crippen molar-refractivity contribution in [3.8, 4) is 5.75 Å². The van der Waals surface area contributed by atoms with E-state index >= 15 is 0 Å². The number of aryl methyl sites for hydroxylation is 1. The van der Waals surface area contributed by atoms with Gasteiger partial charge in [0.15, 0.2) is 11.9 Å². The van der Waals surface area contributed by atoms with Crippen LogP contribution < -0.4 is 15.3 Å². The van der Waals surface area contributed by atoms with Crippen molar-refractivity contribution < 1.29 is 18.7 Å². The molecule has 0 spiro atoms. The first-order valence-electron chi connectivity index (χ1n) is 8.94. The number of amides is 1. The number of nitrogens with zero attached hydrogens (tertiary/aromatic N) is 1. The minimum Gasteiger partial charge on any atom is -0.479 e. The Bertz CT molecular complexity index is 1340. The van der Waals surface area contributed by atoms with Gasteiger partial charge in [0.05, 0.1) is 4.88 Å². The molecule has 5 rings (SSSR count). The van der Waals surface area contributed by atoms with Crippen LogP contribution in [0.2, 0.25) is 0 Å². The zero-order chi connectivity index (χ0) is 19.6. The zero-order valence-corrected chi connectivity index (χ0v) is 16.3. The summed E-state index contributed by atoms with van der Waals surface area (Å²) >= 11 is 1.50. The Morgan fingerprint density at radius 1 is 1.21 bits per heavy atom. The Labute approximate surface area is 164 Å². The molecule has 0 saturated heterocycles. The summed E-state index contributed by atoms with van der Waals surface area (Å²) < 4.78 is 27.1. The lowest BCUT2D eigenvalue weighted by molar-refractivity contribution is -0.124. The number of carbonyl (C=O) groups is 1. The highest BCUT2D eigenvalue weighted by atomic mass is 32.1. The number of benzene rings is 2. The molecule has 2 aromatic carbocycles. The highest BCUT2D eigenvalue weighted by Gasteiger charge is 2.24. The van der Waals surface area contributed by atoms with Gasteiger partial charge in [-0.1, -0.05) is 6.07 Å². The summed E-state index contributed by atoms with van der Waals surface area (Å²) in [5, 5.41) is 1.98. The third-order valence-electron chi connectivity index (χ3n) is 4.99. The van der Waals surface area contributed by atoms with Crippen molar-refractivity contribution in [2.45, 2.75) is 26.9 Å². The molecule has 0 radical (unpaired) electrons. The van der Waals surface area contributed by atoms with Gasteiger partial charge in [-0.05, 0) is 62.2 Å². The number of hydrogen-bond acceptors (Lipinski definition) is 4. The van der Waals surface area contributed by atoms with Gasteiger partial charge in [0, 0.05) is 15.3 Å². The number of rotatable bonds is 1. The third kappa shape index (κ3) is 2.48. The van der Waals surface area contributed by atoms with E-state index in [4.69, 9.17) is 9.47 Å². The predicted molar refractivity (Wildman–Crippen MR) is 106 cm³/mol. The monoisotopic (exact) mass is 393 g/mol. The topological polar surface area (TPSA) is 47.9 Å². The van der Waals surface area contributed by atoms with Crippen LogP contribution in [0.5, 0.6) is 5.75 Å². The number of allylic oxidation sites excluding steroid dienone is 1. The van der Waals surface area contributed by atoms with Crippen LogP contribution in [0, 0.1) is 12.7 Å². The molecular weight excluding hydrogens is 377 g/mol. The van der Waals surface area contributed by atoms with E-state index in [0.29, 0.717) is 22.3 Å². The highest BCUT2D eigenvalue weighted by molar-refractivity contribution is 7.20. The van der Waals surface area contributed by atoms with Crippen molar-refractivity contribution in [3.05, 3.63) is 68.5 Å². The van der Waals surface area contributed by atoms with E-state index in [1.54, 1.807) is 13.0 Å². The van der Waals surface area contributed by atoms with Crippen LogP contribution in [0.4, 0.5) is 4.39 Å². The van der Waals surface area contributed by atoms with Gasteiger partial charge in [-0.25, -0.2) is 9.38 Å². The van der Waals surface area contributed by atoms with Crippen molar-refractivity contribution in [1.82, 2.24) is 0 Å². The number of carbonyl (C=O) groups excluding carboxylic acids is 1. The molecule has 1 aromatic heterocycles. The number of ether oxygens (including phenoxy) is 2. The Morgan fingerprint density at radius 2 is 2.04 bits per heavy atom. The summed E-state index contributed by atoms with van der Waals surface area (Å²) in [6.45, 7) is 5.46. The lowest BCUT2D eigenvalue weighted by Gasteiger charge is -2.20. The average molecular weight is 393 g/mol. The normalized spacial score (nSPS) is 18.0. The predicted octanol–water partition coefficient (Wildman–Crippen LogP) is 3.82. The molecule has 6 heteroatoms. The summed E-state index contributed by atoms with van der Waals surface area (Å²) in [4.78, 5) is 16.9. The minimum absolute atomic E-state index is 0.235. The van der Waals surface area contributed by atoms with E-state index in [0.717, 1.165) is 31.7 Å². The molecule has 2 aliphatic rings. The molecule has 2 aliphatic heterocycles. The number of thiophene rings is 1. The largest absolute Gasteiger partial charge is 0.479 e. The van der Waals surface area contributed by atoms with E-state index in [-0.39, 0.29) is 11.7 Å². The third-order valence-corrected chi connectivity index (χ3v) is 6.24. The molecular formula is C22H16FNO3S. The molecule has 0 bridgehead atoms. The van der Waals surface area contributed by atoms with Crippen LogP contribution in [-0.2, 0) is 9.53 Å². The standard InChI is InChI=1S/C22H16FNO3S/c1-10-7-13-8-16-17(27-12(3)22(25)24-16)9-14(13)20(26-10)21-11(2)19-15(23)5-4-6-18(19)28-21/h4-9,12H,1-3H3. The van der Waals surface area contributed by atoms with Crippen LogP contribution in [0.3, 0.4) is 0 Å². The molecule has 1 unspecified atom stereocenters. The molecule has 0 saturated carbocycles.